The van der Waals surface area contributed by atoms with E-state index in [4.69, 9.17) is 11.6 Å². The fourth-order valence-corrected chi connectivity index (χ4v) is 3.88. The molecule has 22 heavy (non-hydrogen) atoms. The molecule has 1 aromatic heterocycles. The first-order chi connectivity index (χ1) is 10.6. The zero-order valence-electron chi connectivity index (χ0n) is 11.2. The van der Waals surface area contributed by atoms with Gasteiger partial charge in [-0.15, -0.1) is 11.3 Å². The van der Waals surface area contributed by atoms with Gasteiger partial charge in [-0.05, 0) is 30.3 Å². The molecule has 112 valence electrons. The lowest BCUT2D eigenvalue weighted by molar-refractivity contribution is -0.113. The second kappa shape index (κ2) is 6.56. The third kappa shape index (κ3) is 3.52. The molecule has 0 saturated carbocycles. The SMILES string of the molecule is O=C(CSc1nc2ccccc2s1)Nc1cc(Cl)ccc1O. The zero-order valence-corrected chi connectivity index (χ0v) is 13.6. The Morgan fingerprint density at radius 3 is 2.95 bits per heavy atom. The van der Waals surface area contributed by atoms with Crippen molar-refractivity contribution in [1.29, 1.82) is 0 Å². The Kier molecular flexibility index (Phi) is 4.52. The summed E-state index contributed by atoms with van der Waals surface area (Å²) in [4.78, 5) is 16.4. The minimum atomic E-state index is -0.221. The Hall–Kier alpha value is -1.76. The van der Waals surface area contributed by atoms with Crippen LogP contribution < -0.4 is 5.32 Å². The quantitative estimate of drug-likeness (QED) is 0.541. The number of aromatic hydroxyl groups is 1. The van der Waals surface area contributed by atoms with Crippen molar-refractivity contribution in [2.75, 3.05) is 11.1 Å². The van der Waals surface area contributed by atoms with Crippen LogP contribution in [0.1, 0.15) is 0 Å². The normalized spacial score (nSPS) is 10.8. The number of rotatable bonds is 4. The zero-order chi connectivity index (χ0) is 15.5. The van der Waals surface area contributed by atoms with E-state index in [0.717, 1.165) is 14.6 Å². The summed E-state index contributed by atoms with van der Waals surface area (Å²) in [5.41, 5.74) is 1.24. The number of nitrogens with one attached hydrogen (secondary N) is 1. The Balaban J connectivity index is 1.63. The van der Waals surface area contributed by atoms with E-state index < -0.39 is 0 Å². The van der Waals surface area contributed by atoms with Crippen LogP contribution in [0, 0.1) is 0 Å². The lowest BCUT2D eigenvalue weighted by Gasteiger charge is -2.06. The fourth-order valence-electron chi connectivity index (χ4n) is 1.83. The van der Waals surface area contributed by atoms with E-state index in [9.17, 15) is 9.90 Å². The van der Waals surface area contributed by atoms with Crippen LogP contribution in [0.3, 0.4) is 0 Å². The van der Waals surface area contributed by atoms with Gasteiger partial charge in [0.2, 0.25) is 5.91 Å². The molecular formula is C15H11ClN2O2S2. The highest BCUT2D eigenvalue weighted by molar-refractivity contribution is 8.01. The summed E-state index contributed by atoms with van der Waals surface area (Å²) < 4.78 is 1.93. The van der Waals surface area contributed by atoms with Crippen LogP contribution in [-0.2, 0) is 4.79 Å². The van der Waals surface area contributed by atoms with Gasteiger partial charge in [-0.2, -0.15) is 0 Å². The number of benzene rings is 2. The van der Waals surface area contributed by atoms with E-state index in [2.05, 4.69) is 10.3 Å². The highest BCUT2D eigenvalue weighted by Gasteiger charge is 2.10. The number of anilines is 1. The third-order valence-corrected chi connectivity index (χ3v) is 5.25. The summed E-state index contributed by atoms with van der Waals surface area (Å²) in [5.74, 6) is -0.0178. The number of carbonyl (C=O) groups is 1. The topological polar surface area (TPSA) is 62.2 Å². The van der Waals surface area contributed by atoms with E-state index in [1.807, 2.05) is 24.3 Å². The molecule has 2 N–H and O–H groups in total. The number of nitrogens with zero attached hydrogens (tertiary/aromatic N) is 1. The van der Waals surface area contributed by atoms with Crippen LogP contribution >= 0.6 is 34.7 Å². The molecule has 7 heteroatoms. The number of hydrogen-bond donors (Lipinski definition) is 2. The number of para-hydroxylation sites is 1. The summed E-state index contributed by atoms with van der Waals surface area (Å²) in [6, 6.07) is 12.4. The molecule has 0 spiro atoms. The summed E-state index contributed by atoms with van der Waals surface area (Å²) in [6.07, 6.45) is 0. The average molecular weight is 351 g/mol. The van der Waals surface area contributed by atoms with Crippen molar-refractivity contribution in [3.8, 4) is 5.75 Å². The summed E-state index contributed by atoms with van der Waals surface area (Å²) >= 11 is 8.76. The standard InChI is InChI=1S/C15H11ClN2O2S2/c16-9-5-6-12(19)11(7-9)17-14(20)8-21-15-18-10-3-1-2-4-13(10)22-15/h1-7,19H,8H2,(H,17,20). The number of amides is 1. The van der Waals surface area contributed by atoms with Gasteiger partial charge in [-0.3, -0.25) is 4.79 Å². The molecule has 0 radical (unpaired) electrons. The highest BCUT2D eigenvalue weighted by Crippen LogP contribution is 2.30. The number of phenolic OH excluding ortho intramolecular Hbond substituents is 1. The van der Waals surface area contributed by atoms with Gasteiger partial charge in [0.25, 0.3) is 0 Å². The largest absolute Gasteiger partial charge is 0.506 e. The number of hydrogen-bond acceptors (Lipinski definition) is 5. The Bertz CT molecular complexity index is 802. The lowest BCUT2D eigenvalue weighted by Crippen LogP contribution is -2.14. The Morgan fingerprint density at radius 1 is 1.32 bits per heavy atom. The molecule has 3 rings (SSSR count). The first-order valence-electron chi connectivity index (χ1n) is 6.38. The number of phenols is 1. The lowest BCUT2D eigenvalue weighted by atomic mass is 10.3. The Morgan fingerprint density at radius 2 is 2.14 bits per heavy atom. The molecule has 0 unspecified atom stereocenters. The minimum Gasteiger partial charge on any atom is -0.506 e. The number of thioether (sulfide) groups is 1. The van der Waals surface area contributed by atoms with Crippen molar-refractivity contribution in [3.05, 3.63) is 47.5 Å². The van der Waals surface area contributed by atoms with E-state index in [-0.39, 0.29) is 17.4 Å². The van der Waals surface area contributed by atoms with E-state index in [0.29, 0.717) is 10.7 Å². The molecule has 0 fully saturated rings. The molecule has 0 bridgehead atoms. The van der Waals surface area contributed by atoms with Gasteiger partial charge in [0.05, 0.1) is 21.7 Å². The highest BCUT2D eigenvalue weighted by atomic mass is 35.5. The maximum Gasteiger partial charge on any atom is 0.234 e. The first-order valence-corrected chi connectivity index (χ1v) is 8.56. The summed E-state index contributed by atoms with van der Waals surface area (Å²) in [6.45, 7) is 0. The monoisotopic (exact) mass is 350 g/mol. The Labute approximate surface area is 140 Å². The predicted molar refractivity (Wildman–Crippen MR) is 92.1 cm³/mol. The maximum atomic E-state index is 12.0. The van der Waals surface area contributed by atoms with Crippen LogP contribution in [0.4, 0.5) is 5.69 Å². The number of carbonyl (C=O) groups excluding carboxylic acids is 1. The second-order valence-electron chi connectivity index (χ2n) is 4.45. The van der Waals surface area contributed by atoms with Crippen LogP contribution in [0.2, 0.25) is 5.02 Å². The molecule has 0 aliphatic carbocycles. The number of halogens is 1. The smallest absolute Gasteiger partial charge is 0.234 e. The summed E-state index contributed by atoms with van der Waals surface area (Å²) in [5, 5.41) is 12.8. The van der Waals surface area contributed by atoms with Gasteiger partial charge >= 0.3 is 0 Å². The second-order valence-corrected chi connectivity index (χ2v) is 7.14. The van der Waals surface area contributed by atoms with Crippen LogP contribution in [-0.4, -0.2) is 21.8 Å². The fraction of sp³-hybridized carbons (Fsp3) is 0.0667. The van der Waals surface area contributed by atoms with E-state index in [1.54, 1.807) is 17.4 Å². The third-order valence-electron chi connectivity index (χ3n) is 2.83. The van der Waals surface area contributed by atoms with Crippen LogP contribution in [0.5, 0.6) is 5.75 Å². The molecule has 4 nitrogen and oxygen atoms in total. The molecule has 0 aliphatic rings. The molecule has 0 saturated heterocycles. The van der Waals surface area contributed by atoms with Crippen molar-refractivity contribution < 1.29 is 9.90 Å². The molecular weight excluding hydrogens is 340 g/mol. The molecule has 0 aliphatic heterocycles. The van der Waals surface area contributed by atoms with E-state index in [1.165, 1.54) is 23.9 Å². The minimum absolute atomic E-state index is 0.0114. The van der Waals surface area contributed by atoms with Crippen molar-refractivity contribution in [2.45, 2.75) is 4.34 Å². The van der Waals surface area contributed by atoms with Crippen molar-refractivity contribution >= 4 is 56.5 Å². The summed E-state index contributed by atoms with van der Waals surface area (Å²) in [7, 11) is 0. The molecule has 3 aromatic rings. The van der Waals surface area contributed by atoms with Gasteiger partial charge in [0.15, 0.2) is 4.34 Å². The predicted octanol–water partition coefficient (Wildman–Crippen LogP) is 4.39. The van der Waals surface area contributed by atoms with Gasteiger partial charge in [0, 0.05) is 5.02 Å². The van der Waals surface area contributed by atoms with Gasteiger partial charge in [-0.1, -0.05) is 35.5 Å². The molecule has 1 heterocycles. The van der Waals surface area contributed by atoms with Crippen LogP contribution in [0.25, 0.3) is 10.2 Å². The maximum absolute atomic E-state index is 12.0. The van der Waals surface area contributed by atoms with Gasteiger partial charge in [0.1, 0.15) is 5.75 Å². The number of fused-ring (bicyclic) bond motifs is 1. The van der Waals surface area contributed by atoms with Crippen LogP contribution in [0.15, 0.2) is 46.8 Å². The van der Waals surface area contributed by atoms with E-state index >= 15 is 0 Å². The molecule has 1 amide bonds. The van der Waals surface area contributed by atoms with Gasteiger partial charge < -0.3 is 10.4 Å². The van der Waals surface area contributed by atoms with Crippen molar-refractivity contribution in [2.24, 2.45) is 0 Å². The molecule has 0 atom stereocenters. The average Bonchev–Trinajstić information content (AvgIpc) is 2.92. The van der Waals surface area contributed by atoms with Crippen molar-refractivity contribution in [3.63, 3.8) is 0 Å². The number of thiazole rings is 1. The molecule has 2 aromatic carbocycles. The number of aromatic nitrogens is 1. The van der Waals surface area contributed by atoms with Gasteiger partial charge in [-0.25, -0.2) is 4.98 Å². The van der Waals surface area contributed by atoms with Crippen molar-refractivity contribution in [1.82, 2.24) is 4.98 Å². The first kappa shape index (κ1) is 15.1.